The van der Waals surface area contributed by atoms with Crippen molar-refractivity contribution in [2.24, 2.45) is 0 Å². The first-order valence-corrected chi connectivity index (χ1v) is 6.87. The second-order valence-electron chi connectivity index (χ2n) is 4.96. The molecule has 1 aromatic carbocycles. The lowest BCUT2D eigenvalue weighted by Gasteiger charge is -2.10. The summed E-state index contributed by atoms with van der Waals surface area (Å²) in [5.74, 6) is -1.96. The van der Waals surface area contributed by atoms with Crippen molar-refractivity contribution in [2.45, 2.75) is 25.3 Å². The maximum Gasteiger partial charge on any atom is 0.337 e. The molecule has 7 heteroatoms. The molecule has 0 aromatic heterocycles. The van der Waals surface area contributed by atoms with Crippen molar-refractivity contribution in [1.82, 2.24) is 10.6 Å². The van der Waals surface area contributed by atoms with E-state index in [1.165, 1.54) is 18.9 Å². The van der Waals surface area contributed by atoms with Crippen LogP contribution in [0.4, 0.5) is 14.9 Å². The van der Waals surface area contributed by atoms with Crippen molar-refractivity contribution in [2.75, 3.05) is 18.4 Å². The highest BCUT2D eigenvalue weighted by Crippen LogP contribution is 2.18. The Morgan fingerprint density at radius 2 is 2.05 bits per heavy atom. The fourth-order valence-corrected chi connectivity index (χ4v) is 1.85. The van der Waals surface area contributed by atoms with Crippen molar-refractivity contribution in [1.29, 1.82) is 0 Å². The van der Waals surface area contributed by atoms with E-state index < -0.39 is 17.8 Å². The van der Waals surface area contributed by atoms with Gasteiger partial charge in [-0.3, -0.25) is 0 Å². The van der Waals surface area contributed by atoms with E-state index in [-0.39, 0.29) is 11.3 Å². The maximum atomic E-state index is 13.0. The van der Waals surface area contributed by atoms with Gasteiger partial charge in [-0.15, -0.1) is 0 Å². The number of carboxylic acid groups (broad SMARTS) is 1. The molecular formula is C14H18FN3O3. The molecule has 1 aliphatic carbocycles. The van der Waals surface area contributed by atoms with Gasteiger partial charge in [-0.25, -0.2) is 14.0 Å². The fourth-order valence-electron chi connectivity index (χ4n) is 1.85. The molecule has 0 radical (unpaired) electrons. The normalized spacial score (nSPS) is 13.8. The van der Waals surface area contributed by atoms with Crippen LogP contribution in [0, 0.1) is 5.82 Å². The molecule has 0 bridgehead atoms. The number of rotatable bonds is 7. The fraction of sp³-hybridized carbons (Fsp3) is 0.429. The lowest BCUT2D eigenvalue weighted by atomic mass is 10.2. The molecule has 21 heavy (non-hydrogen) atoms. The summed E-state index contributed by atoms with van der Waals surface area (Å²) in [6.07, 6.45) is 3.23. The molecule has 0 atom stereocenters. The molecule has 0 heterocycles. The van der Waals surface area contributed by atoms with Crippen LogP contribution in [0.5, 0.6) is 0 Å². The number of hydrogen-bond acceptors (Lipinski definition) is 3. The number of carboxylic acids is 1. The summed E-state index contributed by atoms with van der Waals surface area (Å²) in [7, 11) is 0. The summed E-state index contributed by atoms with van der Waals surface area (Å²) >= 11 is 0. The van der Waals surface area contributed by atoms with Crippen LogP contribution in [0.3, 0.4) is 0 Å². The summed E-state index contributed by atoms with van der Waals surface area (Å²) in [5.41, 5.74) is -0.210. The van der Waals surface area contributed by atoms with Crippen molar-refractivity contribution >= 4 is 17.7 Å². The van der Waals surface area contributed by atoms with Gasteiger partial charge in [-0.2, -0.15) is 0 Å². The average Bonchev–Trinajstić information content (AvgIpc) is 3.24. The Morgan fingerprint density at radius 1 is 1.29 bits per heavy atom. The average molecular weight is 295 g/mol. The minimum atomic E-state index is -1.29. The van der Waals surface area contributed by atoms with Gasteiger partial charge >= 0.3 is 12.0 Å². The Bertz CT molecular complexity index is 532. The van der Waals surface area contributed by atoms with Crippen molar-refractivity contribution in [3.63, 3.8) is 0 Å². The van der Waals surface area contributed by atoms with E-state index in [1.54, 1.807) is 0 Å². The molecule has 1 fully saturated rings. The van der Waals surface area contributed by atoms with Gasteiger partial charge < -0.3 is 21.1 Å². The second-order valence-corrected chi connectivity index (χ2v) is 4.96. The zero-order valence-corrected chi connectivity index (χ0v) is 11.5. The zero-order chi connectivity index (χ0) is 15.2. The SMILES string of the molecule is O=C(NCCCNC1CC1)Nc1ccc(F)cc1C(=O)O. The molecule has 4 N–H and O–H groups in total. The summed E-state index contributed by atoms with van der Waals surface area (Å²) < 4.78 is 13.0. The monoisotopic (exact) mass is 295 g/mol. The Hall–Kier alpha value is -2.15. The number of urea groups is 1. The van der Waals surface area contributed by atoms with Crippen LogP contribution >= 0.6 is 0 Å². The van der Waals surface area contributed by atoms with E-state index in [4.69, 9.17) is 5.11 Å². The number of hydrogen-bond donors (Lipinski definition) is 4. The molecule has 114 valence electrons. The van der Waals surface area contributed by atoms with Crippen LogP contribution in [-0.4, -0.2) is 36.2 Å². The molecule has 1 aliphatic rings. The number of nitrogens with one attached hydrogen (secondary N) is 3. The molecule has 6 nitrogen and oxygen atoms in total. The van der Waals surface area contributed by atoms with Gasteiger partial charge in [0.15, 0.2) is 0 Å². The van der Waals surface area contributed by atoms with Crippen LogP contribution in [0.15, 0.2) is 18.2 Å². The van der Waals surface area contributed by atoms with E-state index in [0.717, 1.165) is 25.1 Å². The molecule has 0 unspecified atom stereocenters. The summed E-state index contributed by atoms with van der Waals surface area (Å²) in [5, 5.41) is 17.3. The van der Waals surface area contributed by atoms with Crippen LogP contribution in [0.1, 0.15) is 29.6 Å². The Kier molecular flexibility index (Phi) is 5.10. The predicted molar refractivity (Wildman–Crippen MR) is 76.0 cm³/mol. The molecular weight excluding hydrogens is 277 g/mol. The van der Waals surface area contributed by atoms with E-state index in [0.29, 0.717) is 12.6 Å². The largest absolute Gasteiger partial charge is 0.478 e. The van der Waals surface area contributed by atoms with Gasteiger partial charge in [0.1, 0.15) is 5.82 Å². The number of benzene rings is 1. The van der Waals surface area contributed by atoms with E-state index >= 15 is 0 Å². The minimum Gasteiger partial charge on any atom is -0.478 e. The van der Waals surface area contributed by atoms with Gasteiger partial charge in [0, 0.05) is 12.6 Å². The topological polar surface area (TPSA) is 90.5 Å². The van der Waals surface area contributed by atoms with Gasteiger partial charge in [0.2, 0.25) is 0 Å². The molecule has 0 spiro atoms. The number of amides is 2. The Morgan fingerprint density at radius 3 is 2.71 bits per heavy atom. The lowest BCUT2D eigenvalue weighted by Crippen LogP contribution is -2.32. The van der Waals surface area contributed by atoms with Gasteiger partial charge in [-0.1, -0.05) is 0 Å². The standard InChI is InChI=1S/C14H18FN3O3/c15-9-2-5-12(11(8-9)13(19)20)18-14(21)17-7-1-6-16-10-3-4-10/h2,5,8,10,16H,1,3-4,6-7H2,(H,19,20)(H2,17,18,21). The third-order valence-corrected chi connectivity index (χ3v) is 3.11. The molecule has 1 aromatic rings. The zero-order valence-electron chi connectivity index (χ0n) is 11.5. The smallest absolute Gasteiger partial charge is 0.337 e. The highest BCUT2D eigenvalue weighted by atomic mass is 19.1. The first-order chi connectivity index (χ1) is 10.1. The van der Waals surface area contributed by atoms with Gasteiger partial charge in [-0.05, 0) is 44.0 Å². The number of anilines is 1. The van der Waals surface area contributed by atoms with Crippen molar-refractivity contribution in [3.05, 3.63) is 29.6 Å². The summed E-state index contributed by atoms with van der Waals surface area (Å²) in [6.45, 7) is 1.32. The quantitative estimate of drug-likeness (QED) is 0.577. The van der Waals surface area contributed by atoms with Crippen molar-refractivity contribution in [3.8, 4) is 0 Å². The van der Waals surface area contributed by atoms with E-state index in [2.05, 4.69) is 16.0 Å². The molecule has 2 amide bonds. The first-order valence-electron chi connectivity index (χ1n) is 6.87. The van der Waals surface area contributed by atoms with Crippen LogP contribution < -0.4 is 16.0 Å². The van der Waals surface area contributed by atoms with Crippen LogP contribution in [0.2, 0.25) is 0 Å². The van der Waals surface area contributed by atoms with Gasteiger partial charge in [0.25, 0.3) is 0 Å². The Balaban J connectivity index is 1.77. The van der Waals surface area contributed by atoms with Gasteiger partial charge in [0.05, 0.1) is 11.3 Å². The van der Waals surface area contributed by atoms with E-state index in [1.807, 2.05) is 0 Å². The highest BCUT2D eigenvalue weighted by Gasteiger charge is 2.19. The first kappa shape index (κ1) is 15.2. The maximum absolute atomic E-state index is 13.0. The molecule has 0 aliphatic heterocycles. The minimum absolute atomic E-state index is 0.0671. The second kappa shape index (κ2) is 7.03. The van der Waals surface area contributed by atoms with Crippen LogP contribution in [-0.2, 0) is 0 Å². The number of aromatic carboxylic acids is 1. The molecule has 0 saturated heterocycles. The van der Waals surface area contributed by atoms with E-state index in [9.17, 15) is 14.0 Å². The molecule has 2 rings (SSSR count). The lowest BCUT2D eigenvalue weighted by molar-refractivity contribution is 0.0697. The van der Waals surface area contributed by atoms with Crippen molar-refractivity contribution < 1.29 is 19.1 Å². The highest BCUT2D eigenvalue weighted by molar-refractivity contribution is 5.99. The summed E-state index contributed by atoms with van der Waals surface area (Å²) in [4.78, 5) is 22.6. The molecule has 1 saturated carbocycles. The number of carbonyl (C=O) groups is 2. The van der Waals surface area contributed by atoms with Crippen LogP contribution in [0.25, 0.3) is 0 Å². The predicted octanol–water partition coefficient (Wildman–Crippen LogP) is 1.79. The third-order valence-electron chi connectivity index (χ3n) is 3.11. The number of halogens is 1. The number of carbonyl (C=O) groups excluding carboxylic acids is 1. The third kappa shape index (κ3) is 5.03. The summed E-state index contributed by atoms with van der Waals surface area (Å²) in [6, 6.07) is 3.33. The Labute approximate surface area is 121 Å².